The van der Waals surface area contributed by atoms with Crippen molar-refractivity contribution in [2.24, 2.45) is 0 Å². The lowest BCUT2D eigenvalue weighted by Gasteiger charge is -2.13. The van der Waals surface area contributed by atoms with Crippen LogP contribution in [0.1, 0.15) is 0 Å². The van der Waals surface area contributed by atoms with Gasteiger partial charge in [0.05, 0.1) is 6.33 Å². The van der Waals surface area contributed by atoms with Gasteiger partial charge < -0.3 is 20.1 Å². The second kappa shape index (κ2) is 6.19. The van der Waals surface area contributed by atoms with E-state index in [2.05, 4.69) is 25.3 Å². The molecule has 0 saturated carbocycles. The number of imidazole rings is 1. The summed E-state index contributed by atoms with van der Waals surface area (Å²) in [4.78, 5) is 15.2. The maximum absolute atomic E-state index is 9.94. The SMILES string of the molecule is O[C@@H](CNc1ncnc2nc[nH]c12)COc1ccccc1. The Hall–Kier alpha value is -2.67. The van der Waals surface area contributed by atoms with E-state index in [1.54, 1.807) is 6.33 Å². The van der Waals surface area contributed by atoms with Crippen molar-refractivity contribution < 1.29 is 9.84 Å². The molecule has 7 nitrogen and oxygen atoms in total. The molecule has 2 aromatic heterocycles. The van der Waals surface area contributed by atoms with Crippen LogP contribution >= 0.6 is 0 Å². The normalized spacial score (nSPS) is 12.2. The summed E-state index contributed by atoms with van der Waals surface area (Å²) < 4.78 is 5.49. The lowest BCUT2D eigenvalue weighted by Crippen LogP contribution is -2.26. The average molecular weight is 285 g/mol. The third-order valence-corrected chi connectivity index (χ3v) is 2.91. The molecule has 3 aromatic rings. The molecule has 0 spiro atoms. The Balaban J connectivity index is 1.54. The van der Waals surface area contributed by atoms with Crippen LogP contribution in [-0.4, -0.2) is 44.3 Å². The molecule has 0 radical (unpaired) electrons. The van der Waals surface area contributed by atoms with E-state index in [0.717, 1.165) is 5.75 Å². The quantitative estimate of drug-likeness (QED) is 0.630. The summed E-state index contributed by atoms with van der Waals surface area (Å²) in [6.07, 6.45) is 2.33. The van der Waals surface area contributed by atoms with Crippen LogP contribution in [0.25, 0.3) is 11.2 Å². The largest absolute Gasteiger partial charge is 0.491 e. The Morgan fingerprint density at radius 1 is 1.19 bits per heavy atom. The third-order valence-electron chi connectivity index (χ3n) is 2.91. The predicted octanol–water partition coefficient (Wildman–Crippen LogP) is 1.20. The molecule has 0 saturated heterocycles. The van der Waals surface area contributed by atoms with E-state index in [1.807, 2.05) is 30.3 Å². The minimum Gasteiger partial charge on any atom is -0.491 e. The minimum atomic E-state index is -0.654. The Kier molecular flexibility index (Phi) is 3.92. The highest BCUT2D eigenvalue weighted by Crippen LogP contribution is 2.14. The number of hydrogen-bond donors (Lipinski definition) is 3. The van der Waals surface area contributed by atoms with Crippen LogP contribution in [0.5, 0.6) is 5.75 Å². The minimum absolute atomic E-state index is 0.203. The lowest BCUT2D eigenvalue weighted by molar-refractivity contribution is 0.117. The molecular formula is C14H15N5O2. The number of aliphatic hydroxyl groups excluding tert-OH is 1. The Morgan fingerprint density at radius 2 is 2.05 bits per heavy atom. The second-order valence-corrected chi connectivity index (χ2v) is 4.48. The van der Waals surface area contributed by atoms with Crippen molar-refractivity contribution in [3.8, 4) is 5.75 Å². The number of aromatic nitrogens is 4. The molecule has 108 valence electrons. The van der Waals surface area contributed by atoms with E-state index < -0.39 is 6.10 Å². The van der Waals surface area contributed by atoms with E-state index in [9.17, 15) is 5.11 Å². The number of para-hydroxylation sites is 1. The molecule has 0 bridgehead atoms. The van der Waals surface area contributed by atoms with Gasteiger partial charge in [0.2, 0.25) is 0 Å². The molecule has 1 atom stereocenters. The first-order valence-electron chi connectivity index (χ1n) is 6.57. The Morgan fingerprint density at radius 3 is 2.90 bits per heavy atom. The van der Waals surface area contributed by atoms with Crippen molar-refractivity contribution in [2.75, 3.05) is 18.5 Å². The zero-order valence-corrected chi connectivity index (χ0v) is 11.2. The number of H-pyrrole nitrogens is 1. The first kappa shape index (κ1) is 13.3. The molecule has 0 aliphatic rings. The molecule has 2 heterocycles. The third kappa shape index (κ3) is 3.26. The number of fused-ring (bicyclic) bond motifs is 1. The summed E-state index contributed by atoms with van der Waals surface area (Å²) in [5.41, 5.74) is 1.30. The molecule has 0 aliphatic carbocycles. The molecule has 7 heteroatoms. The first-order valence-corrected chi connectivity index (χ1v) is 6.57. The fourth-order valence-electron chi connectivity index (χ4n) is 1.88. The van der Waals surface area contributed by atoms with Crippen molar-refractivity contribution >= 4 is 17.0 Å². The van der Waals surface area contributed by atoms with Gasteiger partial charge in [-0.3, -0.25) is 0 Å². The average Bonchev–Trinajstić information content (AvgIpc) is 3.01. The molecule has 3 rings (SSSR count). The molecule has 0 aliphatic heterocycles. The van der Waals surface area contributed by atoms with Crippen molar-refractivity contribution in [3.63, 3.8) is 0 Å². The lowest BCUT2D eigenvalue weighted by atomic mass is 10.3. The molecule has 3 N–H and O–H groups in total. The van der Waals surface area contributed by atoms with E-state index >= 15 is 0 Å². The number of aromatic amines is 1. The molecule has 0 unspecified atom stereocenters. The summed E-state index contributed by atoms with van der Waals surface area (Å²) in [6.45, 7) is 0.520. The standard InChI is InChI=1S/C14H15N5O2/c20-10(7-21-11-4-2-1-3-5-11)6-15-13-12-14(17-8-16-12)19-9-18-13/h1-5,8-10,20H,6-7H2,(H2,15,16,17,18,19)/t10-/m0/s1. The topological polar surface area (TPSA) is 96.0 Å². The van der Waals surface area contributed by atoms with Gasteiger partial charge in [-0.2, -0.15) is 0 Å². The number of ether oxygens (including phenoxy) is 1. The van der Waals surface area contributed by atoms with Gasteiger partial charge in [-0.05, 0) is 12.1 Å². The summed E-state index contributed by atoms with van der Waals surface area (Å²) >= 11 is 0. The van der Waals surface area contributed by atoms with Crippen LogP contribution in [0.15, 0.2) is 43.0 Å². The number of rotatable bonds is 6. The van der Waals surface area contributed by atoms with Crippen LogP contribution in [-0.2, 0) is 0 Å². The highest BCUT2D eigenvalue weighted by Gasteiger charge is 2.09. The van der Waals surface area contributed by atoms with Crippen LogP contribution in [0, 0.1) is 0 Å². The van der Waals surface area contributed by atoms with Crippen molar-refractivity contribution in [1.82, 2.24) is 19.9 Å². The van der Waals surface area contributed by atoms with Gasteiger partial charge in [-0.15, -0.1) is 0 Å². The molecule has 21 heavy (non-hydrogen) atoms. The molecular weight excluding hydrogens is 270 g/mol. The van der Waals surface area contributed by atoms with E-state index in [1.165, 1.54) is 6.33 Å². The fourth-order valence-corrected chi connectivity index (χ4v) is 1.88. The summed E-state index contributed by atoms with van der Waals surface area (Å²) in [5.74, 6) is 1.34. The van der Waals surface area contributed by atoms with Gasteiger partial charge in [0.15, 0.2) is 11.5 Å². The Labute approximate surface area is 121 Å². The number of nitrogens with zero attached hydrogens (tertiary/aromatic N) is 3. The van der Waals surface area contributed by atoms with Gasteiger partial charge in [-0.25, -0.2) is 15.0 Å². The zero-order chi connectivity index (χ0) is 14.5. The smallest absolute Gasteiger partial charge is 0.182 e. The van der Waals surface area contributed by atoms with Gasteiger partial charge in [0.25, 0.3) is 0 Å². The number of hydrogen-bond acceptors (Lipinski definition) is 6. The number of benzene rings is 1. The van der Waals surface area contributed by atoms with Crippen LogP contribution in [0.4, 0.5) is 5.82 Å². The maximum Gasteiger partial charge on any atom is 0.182 e. The second-order valence-electron chi connectivity index (χ2n) is 4.48. The van der Waals surface area contributed by atoms with Gasteiger partial charge in [-0.1, -0.05) is 18.2 Å². The van der Waals surface area contributed by atoms with Crippen molar-refractivity contribution in [1.29, 1.82) is 0 Å². The predicted molar refractivity (Wildman–Crippen MR) is 78.1 cm³/mol. The summed E-state index contributed by atoms with van der Waals surface area (Å²) in [7, 11) is 0. The van der Waals surface area contributed by atoms with Crippen LogP contribution < -0.4 is 10.1 Å². The Bertz CT molecular complexity index is 701. The number of anilines is 1. The maximum atomic E-state index is 9.94. The fraction of sp³-hybridized carbons (Fsp3) is 0.214. The molecule has 1 aromatic carbocycles. The van der Waals surface area contributed by atoms with Gasteiger partial charge in [0, 0.05) is 6.54 Å². The van der Waals surface area contributed by atoms with E-state index in [-0.39, 0.29) is 6.61 Å². The van der Waals surface area contributed by atoms with Crippen molar-refractivity contribution in [2.45, 2.75) is 6.10 Å². The first-order chi connectivity index (χ1) is 10.3. The molecule has 0 fully saturated rings. The van der Waals surface area contributed by atoms with Crippen LogP contribution in [0.3, 0.4) is 0 Å². The monoisotopic (exact) mass is 285 g/mol. The highest BCUT2D eigenvalue weighted by molar-refractivity contribution is 5.81. The number of nitrogens with one attached hydrogen (secondary N) is 2. The summed E-state index contributed by atoms with van der Waals surface area (Å²) in [6, 6.07) is 9.37. The van der Waals surface area contributed by atoms with Crippen LogP contribution in [0.2, 0.25) is 0 Å². The van der Waals surface area contributed by atoms with Crippen molar-refractivity contribution in [3.05, 3.63) is 43.0 Å². The van der Waals surface area contributed by atoms with Gasteiger partial charge >= 0.3 is 0 Å². The zero-order valence-electron chi connectivity index (χ0n) is 11.2. The highest BCUT2D eigenvalue weighted by atomic mass is 16.5. The number of aliphatic hydroxyl groups is 1. The summed E-state index contributed by atoms with van der Waals surface area (Å²) in [5, 5.41) is 13.0. The van der Waals surface area contributed by atoms with E-state index in [0.29, 0.717) is 23.5 Å². The van der Waals surface area contributed by atoms with E-state index in [4.69, 9.17) is 4.74 Å². The van der Waals surface area contributed by atoms with Gasteiger partial charge in [0.1, 0.15) is 30.3 Å². The molecule has 0 amide bonds.